The van der Waals surface area contributed by atoms with Gasteiger partial charge in [-0.15, -0.1) is 0 Å². The highest BCUT2D eigenvalue weighted by Crippen LogP contribution is 2.24. The summed E-state index contributed by atoms with van der Waals surface area (Å²) >= 11 is 0. The van der Waals surface area contributed by atoms with Gasteiger partial charge in [0.2, 0.25) is 0 Å². The maximum Gasteiger partial charge on any atom is 0.270 e. The van der Waals surface area contributed by atoms with Crippen LogP contribution in [-0.2, 0) is 6.54 Å². The Morgan fingerprint density at radius 3 is 2.83 bits per heavy atom. The summed E-state index contributed by atoms with van der Waals surface area (Å²) in [7, 11) is 0. The molecule has 1 rings (SSSR count). The van der Waals surface area contributed by atoms with E-state index in [-0.39, 0.29) is 18.3 Å². The van der Waals surface area contributed by atoms with E-state index < -0.39 is 4.92 Å². The quantitative estimate of drug-likeness (QED) is 0.568. The monoisotopic (exact) mass is 254 g/mol. The minimum atomic E-state index is -0.436. The first-order valence-electron chi connectivity index (χ1n) is 5.82. The second-order valence-corrected chi connectivity index (χ2v) is 3.95. The number of ether oxygens (including phenoxy) is 1. The first-order valence-corrected chi connectivity index (χ1v) is 5.82. The van der Waals surface area contributed by atoms with E-state index in [1.807, 2.05) is 13.8 Å². The highest BCUT2D eigenvalue weighted by molar-refractivity contribution is 5.43. The van der Waals surface area contributed by atoms with Gasteiger partial charge >= 0.3 is 0 Å². The largest absolute Gasteiger partial charge is 0.494 e. The number of nitrogens with zero attached hydrogens (tertiary/aromatic N) is 1. The zero-order chi connectivity index (χ0) is 13.5. The van der Waals surface area contributed by atoms with Crippen molar-refractivity contribution in [2.75, 3.05) is 13.2 Å². The third-order valence-electron chi connectivity index (χ3n) is 2.47. The van der Waals surface area contributed by atoms with E-state index in [1.54, 1.807) is 6.07 Å². The highest BCUT2D eigenvalue weighted by Gasteiger charge is 2.12. The molecule has 0 aliphatic rings. The Kier molecular flexibility index (Phi) is 5.54. The predicted octanol–water partition coefficient (Wildman–Crippen LogP) is 1.46. The van der Waals surface area contributed by atoms with Gasteiger partial charge in [0, 0.05) is 30.3 Å². The Morgan fingerprint density at radius 2 is 2.28 bits per heavy atom. The van der Waals surface area contributed by atoms with Crippen molar-refractivity contribution in [1.82, 2.24) is 5.32 Å². The molecule has 6 heteroatoms. The van der Waals surface area contributed by atoms with Gasteiger partial charge in [-0.2, -0.15) is 0 Å². The number of benzene rings is 1. The van der Waals surface area contributed by atoms with Crippen LogP contribution in [0.15, 0.2) is 18.2 Å². The zero-order valence-corrected chi connectivity index (χ0v) is 10.5. The number of aliphatic hydroxyl groups excluding tert-OH is 1. The molecular formula is C12H18N2O4. The minimum Gasteiger partial charge on any atom is -0.494 e. The lowest BCUT2D eigenvalue weighted by molar-refractivity contribution is -0.384. The molecule has 0 amide bonds. The molecule has 0 fully saturated rings. The van der Waals surface area contributed by atoms with Crippen molar-refractivity contribution in [2.24, 2.45) is 0 Å². The van der Waals surface area contributed by atoms with E-state index in [4.69, 9.17) is 9.84 Å². The van der Waals surface area contributed by atoms with Crippen LogP contribution in [0.3, 0.4) is 0 Å². The molecule has 0 bridgehead atoms. The summed E-state index contributed by atoms with van der Waals surface area (Å²) in [6.45, 7) is 4.62. The van der Waals surface area contributed by atoms with Crippen molar-refractivity contribution < 1.29 is 14.8 Å². The van der Waals surface area contributed by atoms with E-state index in [9.17, 15) is 10.1 Å². The molecule has 0 aliphatic carbocycles. The third kappa shape index (κ3) is 3.97. The summed E-state index contributed by atoms with van der Waals surface area (Å²) in [6, 6.07) is 4.44. The molecule has 0 saturated heterocycles. The molecule has 1 unspecified atom stereocenters. The standard InChI is InChI=1S/C12H18N2O4/c1-3-18-12-5-4-11(14(16)17)6-10(12)7-13-9(2)8-15/h4-6,9,13,15H,3,7-8H2,1-2H3. The summed E-state index contributed by atoms with van der Waals surface area (Å²) in [6.07, 6.45) is 0. The van der Waals surface area contributed by atoms with Gasteiger partial charge in [0.05, 0.1) is 18.1 Å². The number of hydrogen-bond acceptors (Lipinski definition) is 5. The van der Waals surface area contributed by atoms with Crippen molar-refractivity contribution in [3.8, 4) is 5.75 Å². The van der Waals surface area contributed by atoms with Crippen LogP contribution in [0.5, 0.6) is 5.75 Å². The molecule has 1 atom stereocenters. The topological polar surface area (TPSA) is 84.6 Å². The first-order chi connectivity index (χ1) is 8.58. The summed E-state index contributed by atoms with van der Waals surface area (Å²) in [5.41, 5.74) is 0.748. The van der Waals surface area contributed by atoms with Crippen molar-refractivity contribution >= 4 is 5.69 Å². The normalized spacial score (nSPS) is 12.2. The Labute approximate surface area is 106 Å². The Balaban J connectivity index is 2.88. The van der Waals surface area contributed by atoms with Crippen molar-refractivity contribution in [3.05, 3.63) is 33.9 Å². The highest BCUT2D eigenvalue weighted by atomic mass is 16.6. The van der Waals surface area contributed by atoms with Crippen LogP contribution in [0, 0.1) is 10.1 Å². The average Bonchev–Trinajstić information content (AvgIpc) is 2.37. The number of nitrogens with one attached hydrogen (secondary N) is 1. The number of non-ortho nitro benzene ring substituents is 1. The Bertz CT molecular complexity index is 409. The van der Waals surface area contributed by atoms with Gasteiger partial charge in [-0.3, -0.25) is 10.1 Å². The first kappa shape index (κ1) is 14.4. The fourth-order valence-corrected chi connectivity index (χ4v) is 1.46. The molecule has 0 spiro atoms. The Hall–Kier alpha value is -1.66. The van der Waals surface area contributed by atoms with E-state index in [0.29, 0.717) is 24.5 Å². The summed E-state index contributed by atoms with van der Waals surface area (Å²) in [4.78, 5) is 10.3. The second kappa shape index (κ2) is 6.93. The molecule has 0 aliphatic heterocycles. The number of rotatable bonds is 7. The molecule has 1 aromatic rings. The van der Waals surface area contributed by atoms with Gasteiger partial charge in [-0.1, -0.05) is 0 Å². The van der Waals surface area contributed by atoms with E-state index >= 15 is 0 Å². The average molecular weight is 254 g/mol. The van der Waals surface area contributed by atoms with Gasteiger partial charge < -0.3 is 15.2 Å². The van der Waals surface area contributed by atoms with Crippen molar-refractivity contribution in [1.29, 1.82) is 0 Å². The van der Waals surface area contributed by atoms with Gasteiger partial charge in [0.15, 0.2) is 0 Å². The van der Waals surface area contributed by atoms with Crippen molar-refractivity contribution in [2.45, 2.75) is 26.4 Å². The van der Waals surface area contributed by atoms with Gasteiger partial charge in [-0.05, 0) is 19.9 Å². The van der Waals surface area contributed by atoms with Crippen LogP contribution in [0.1, 0.15) is 19.4 Å². The molecule has 1 aromatic carbocycles. The lowest BCUT2D eigenvalue weighted by Crippen LogP contribution is -2.28. The van der Waals surface area contributed by atoms with Gasteiger partial charge in [0.1, 0.15) is 5.75 Å². The lowest BCUT2D eigenvalue weighted by Gasteiger charge is -2.13. The maximum absolute atomic E-state index is 10.7. The molecule has 18 heavy (non-hydrogen) atoms. The number of nitro groups is 1. The maximum atomic E-state index is 10.7. The molecule has 0 radical (unpaired) electrons. The predicted molar refractivity (Wildman–Crippen MR) is 67.7 cm³/mol. The van der Waals surface area contributed by atoms with Gasteiger partial charge in [0.25, 0.3) is 5.69 Å². The minimum absolute atomic E-state index is 0.0128. The summed E-state index contributed by atoms with van der Waals surface area (Å²) < 4.78 is 5.41. The fraction of sp³-hybridized carbons (Fsp3) is 0.500. The van der Waals surface area contributed by atoms with Crippen LogP contribution in [-0.4, -0.2) is 29.3 Å². The van der Waals surface area contributed by atoms with Crippen LogP contribution in [0.2, 0.25) is 0 Å². The van der Waals surface area contributed by atoms with E-state index in [1.165, 1.54) is 12.1 Å². The lowest BCUT2D eigenvalue weighted by atomic mass is 10.1. The molecule has 100 valence electrons. The molecule has 0 saturated carbocycles. The van der Waals surface area contributed by atoms with Crippen molar-refractivity contribution in [3.63, 3.8) is 0 Å². The summed E-state index contributed by atoms with van der Waals surface area (Å²) in [5, 5.41) is 22.7. The number of hydrogen-bond donors (Lipinski definition) is 2. The molecule has 2 N–H and O–H groups in total. The molecular weight excluding hydrogens is 236 g/mol. The number of aliphatic hydroxyl groups is 1. The van der Waals surface area contributed by atoms with E-state index in [2.05, 4.69) is 5.32 Å². The Morgan fingerprint density at radius 1 is 1.56 bits per heavy atom. The molecule has 6 nitrogen and oxygen atoms in total. The SMILES string of the molecule is CCOc1ccc([N+](=O)[O-])cc1CNC(C)CO. The number of nitro benzene ring substituents is 1. The smallest absolute Gasteiger partial charge is 0.270 e. The summed E-state index contributed by atoms with van der Waals surface area (Å²) in [5.74, 6) is 0.626. The fourth-order valence-electron chi connectivity index (χ4n) is 1.46. The second-order valence-electron chi connectivity index (χ2n) is 3.95. The third-order valence-corrected chi connectivity index (χ3v) is 2.47. The zero-order valence-electron chi connectivity index (χ0n) is 10.5. The van der Waals surface area contributed by atoms with Crippen LogP contribution < -0.4 is 10.1 Å². The molecule has 0 aromatic heterocycles. The van der Waals surface area contributed by atoms with Crippen LogP contribution in [0.4, 0.5) is 5.69 Å². The molecule has 0 heterocycles. The van der Waals surface area contributed by atoms with Crippen LogP contribution >= 0.6 is 0 Å². The van der Waals surface area contributed by atoms with E-state index in [0.717, 1.165) is 0 Å². The van der Waals surface area contributed by atoms with Gasteiger partial charge in [-0.25, -0.2) is 0 Å². The van der Waals surface area contributed by atoms with Crippen LogP contribution in [0.25, 0.3) is 0 Å².